The summed E-state index contributed by atoms with van der Waals surface area (Å²) in [6.45, 7) is 1.39. The van der Waals surface area contributed by atoms with Crippen LogP contribution in [0.3, 0.4) is 0 Å². The molecule has 23 heavy (non-hydrogen) atoms. The second-order valence-corrected chi connectivity index (χ2v) is 6.16. The van der Waals surface area contributed by atoms with Crippen LogP contribution in [0.2, 0.25) is 0 Å². The van der Waals surface area contributed by atoms with E-state index in [1.807, 2.05) is 36.4 Å². The summed E-state index contributed by atoms with van der Waals surface area (Å²) < 4.78 is 21.9. The summed E-state index contributed by atoms with van der Waals surface area (Å²) in [4.78, 5) is 1.11. The van der Waals surface area contributed by atoms with Gasteiger partial charge >= 0.3 is 0 Å². The number of benzene rings is 1. The molecule has 0 atom stereocenters. The normalized spacial score (nSPS) is 13.7. The van der Waals surface area contributed by atoms with Gasteiger partial charge in [0.2, 0.25) is 5.76 Å². The van der Waals surface area contributed by atoms with Crippen molar-refractivity contribution in [3.8, 4) is 23.0 Å². The molecule has 6 heteroatoms. The van der Waals surface area contributed by atoms with Gasteiger partial charge < -0.3 is 18.4 Å². The Bertz CT molecular complexity index is 782. The van der Waals surface area contributed by atoms with Gasteiger partial charge in [0.05, 0.1) is 25.2 Å². The minimum atomic E-state index is 0.643. The van der Waals surface area contributed by atoms with E-state index in [2.05, 4.69) is 5.16 Å². The first-order valence-corrected chi connectivity index (χ1v) is 8.39. The summed E-state index contributed by atoms with van der Waals surface area (Å²) in [5.74, 6) is 3.66. The molecule has 0 unspecified atom stereocenters. The van der Waals surface area contributed by atoms with E-state index in [4.69, 9.17) is 18.4 Å². The number of hydrogen-bond donors (Lipinski definition) is 0. The van der Waals surface area contributed by atoms with Crippen LogP contribution in [0.1, 0.15) is 12.1 Å². The summed E-state index contributed by atoms with van der Waals surface area (Å²) >= 11 is 1.68. The lowest BCUT2D eigenvalue weighted by molar-refractivity contribution is 0.297. The molecular formula is C17H15NO4S. The van der Waals surface area contributed by atoms with Gasteiger partial charge in [0.1, 0.15) is 0 Å². The van der Waals surface area contributed by atoms with Crippen LogP contribution < -0.4 is 9.47 Å². The van der Waals surface area contributed by atoms with Gasteiger partial charge in [-0.1, -0.05) is 5.16 Å². The average Bonchev–Trinajstić information content (AvgIpc) is 3.20. The van der Waals surface area contributed by atoms with Gasteiger partial charge in [-0.3, -0.25) is 0 Å². The Morgan fingerprint density at radius 3 is 2.78 bits per heavy atom. The maximum Gasteiger partial charge on any atom is 0.202 e. The molecule has 2 aromatic heterocycles. The van der Waals surface area contributed by atoms with Crippen molar-refractivity contribution in [3.05, 3.63) is 48.4 Å². The molecular weight excluding hydrogens is 314 g/mol. The molecule has 0 amide bonds. The Balaban J connectivity index is 1.44. The fourth-order valence-electron chi connectivity index (χ4n) is 2.31. The van der Waals surface area contributed by atoms with Crippen LogP contribution in [-0.4, -0.2) is 18.4 Å². The zero-order valence-electron chi connectivity index (χ0n) is 12.4. The molecule has 1 aromatic carbocycles. The highest BCUT2D eigenvalue weighted by molar-refractivity contribution is 7.98. The standard InChI is InChI=1S/C17H15NO4S/c1-3-14(19-6-1)17-9-12(18-22-17)11-23-13-4-5-15-16(10-13)21-8-2-7-20-15/h1,3-6,9-10H,2,7-8,11H2. The van der Waals surface area contributed by atoms with Gasteiger partial charge in [0.25, 0.3) is 0 Å². The van der Waals surface area contributed by atoms with Gasteiger partial charge in [-0.2, -0.15) is 0 Å². The number of furan rings is 1. The van der Waals surface area contributed by atoms with Crippen LogP contribution in [0.25, 0.3) is 11.5 Å². The lowest BCUT2D eigenvalue weighted by atomic mass is 10.3. The Labute approximate surface area is 137 Å². The van der Waals surface area contributed by atoms with Gasteiger partial charge in [-0.25, -0.2) is 0 Å². The topological polar surface area (TPSA) is 57.6 Å². The van der Waals surface area contributed by atoms with Crippen LogP contribution in [-0.2, 0) is 5.75 Å². The van der Waals surface area contributed by atoms with Gasteiger partial charge in [-0.05, 0) is 30.3 Å². The van der Waals surface area contributed by atoms with Crippen molar-refractivity contribution in [3.63, 3.8) is 0 Å². The molecule has 0 aliphatic carbocycles. The first-order valence-electron chi connectivity index (χ1n) is 7.40. The Morgan fingerprint density at radius 2 is 1.91 bits per heavy atom. The maximum atomic E-state index is 5.71. The maximum absolute atomic E-state index is 5.71. The number of nitrogens with zero attached hydrogens (tertiary/aromatic N) is 1. The predicted octanol–water partition coefficient (Wildman–Crippen LogP) is 4.39. The molecule has 1 aliphatic heterocycles. The monoisotopic (exact) mass is 329 g/mol. The zero-order chi connectivity index (χ0) is 15.5. The van der Waals surface area contributed by atoms with E-state index in [0.717, 1.165) is 28.5 Å². The van der Waals surface area contributed by atoms with Gasteiger partial charge in [-0.15, -0.1) is 11.8 Å². The Morgan fingerprint density at radius 1 is 1.00 bits per heavy atom. The minimum absolute atomic E-state index is 0.643. The first-order chi connectivity index (χ1) is 11.4. The Hall–Kier alpha value is -2.34. The highest BCUT2D eigenvalue weighted by Gasteiger charge is 2.12. The molecule has 0 fully saturated rings. The third-order valence-corrected chi connectivity index (χ3v) is 4.46. The van der Waals surface area contributed by atoms with Crippen molar-refractivity contribution in [2.75, 3.05) is 13.2 Å². The number of rotatable bonds is 4. The van der Waals surface area contributed by atoms with Crippen molar-refractivity contribution in [1.29, 1.82) is 0 Å². The van der Waals surface area contributed by atoms with Crippen molar-refractivity contribution in [2.24, 2.45) is 0 Å². The molecule has 0 saturated heterocycles. The smallest absolute Gasteiger partial charge is 0.202 e. The van der Waals surface area contributed by atoms with Crippen LogP contribution in [0.5, 0.6) is 11.5 Å². The van der Waals surface area contributed by atoms with E-state index in [1.165, 1.54) is 0 Å². The van der Waals surface area contributed by atoms with E-state index in [-0.39, 0.29) is 0 Å². The fraction of sp³-hybridized carbons (Fsp3) is 0.235. The van der Waals surface area contributed by atoms with Gasteiger partial charge in [0, 0.05) is 23.1 Å². The summed E-state index contributed by atoms with van der Waals surface area (Å²) in [6, 6.07) is 11.6. The average molecular weight is 329 g/mol. The molecule has 4 rings (SSSR count). The van der Waals surface area contributed by atoms with E-state index in [9.17, 15) is 0 Å². The van der Waals surface area contributed by atoms with Crippen molar-refractivity contribution in [1.82, 2.24) is 5.16 Å². The molecule has 0 bridgehead atoms. The minimum Gasteiger partial charge on any atom is -0.490 e. The molecule has 0 N–H and O–H groups in total. The molecule has 5 nitrogen and oxygen atoms in total. The number of aromatic nitrogens is 1. The predicted molar refractivity (Wildman–Crippen MR) is 85.8 cm³/mol. The number of ether oxygens (including phenoxy) is 2. The summed E-state index contributed by atoms with van der Waals surface area (Å²) in [7, 11) is 0. The Kier molecular flexibility index (Phi) is 3.98. The third kappa shape index (κ3) is 3.22. The number of thioether (sulfide) groups is 1. The number of hydrogen-bond acceptors (Lipinski definition) is 6. The lowest BCUT2D eigenvalue weighted by Crippen LogP contribution is -1.97. The second kappa shape index (κ2) is 6.42. The molecule has 0 radical (unpaired) electrons. The largest absolute Gasteiger partial charge is 0.490 e. The summed E-state index contributed by atoms with van der Waals surface area (Å²) in [5.41, 5.74) is 0.869. The molecule has 0 saturated carbocycles. The van der Waals surface area contributed by atoms with Crippen LogP contribution in [0.15, 0.2) is 56.5 Å². The van der Waals surface area contributed by atoms with Crippen LogP contribution in [0, 0.1) is 0 Å². The third-order valence-electron chi connectivity index (χ3n) is 3.43. The second-order valence-electron chi connectivity index (χ2n) is 5.11. The highest BCUT2D eigenvalue weighted by atomic mass is 32.2. The van der Waals surface area contributed by atoms with Crippen molar-refractivity contribution < 1.29 is 18.4 Å². The van der Waals surface area contributed by atoms with Gasteiger partial charge in [0.15, 0.2) is 17.3 Å². The fourth-order valence-corrected chi connectivity index (χ4v) is 3.11. The SMILES string of the molecule is c1coc(-c2cc(CSc3ccc4c(c3)OCCCO4)no2)c1. The van der Waals surface area contributed by atoms with Crippen LogP contribution >= 0.6 is 11.8 Å². The summed E-state index contributed by atoms with van der Waals surface area (Å²) in [5, 5.41) is 4.08. The van der Waals surface area contributed by atoms with E-state index in [0.29, 0.717) is 30.5 Å². The highest BCUT2D eigenvalue weighted by Crippen LogP contribution is 2.35. The van der Waals surface area contributed by atoms with E-state index in [1.54, 1.807) is 18.0 Å². The quantitative estimate of drug-likeness (QED) is 0.662. The molecule has 0 spiro atoms. The number of fused-ring (bicyclic) bond motifs is 1. The van der Waals surface area contributed by atoms with Crippen molar-refractivity contribution in [2.45, 2.75) is 17.1 Å². The summed E-state index contributed by atoms with van der Waals surface area (Å²) in [6.07, 6.45) is 2.52. The van der Waals surface area contributed by atoms with Crippen molar-refractivity contribution >= 4 is 11.8 Å². The molecule has 1 aliphatic rings. The molecule has 3 heterocycles. The zero-order valence-corrected chi connectivity index (χ0v) is 13.2. The lowest BCUT2D eigenvalue weighted by Gasteiger charge is -2.08. The molecule has 3 aromatic rings. The first kappa shape index (κ1) is 14.3. The molecule has 118 valence electrons. The van der Waals surface area contributed by atoms with E-state index < -0.39 is 0 Å². The van der Waals surface area contributed by atoms with Crippen LogP contribution in [0.4, 0.5) is 0 Å². The van der Waals surface area contributed by atoms with E-state index >= 15 is 0 Å².